The van der Waals surface area contributed by atoms with Gasteiger partial charge in [0, 0.05) is 0 Å². The Morgan fingerprint density at radius 2 is 1.80 bits per heavy atom. The third-order valence-corrected chi connectivity index (χ3v) is 2.44. The molecular weight excluding hydrogens is 262 g/mol. The maximum Gasteiger partial charge on any atom is 0.328 e. The van der Waals surface area contributed by atoms with Gasteiger partial charge in [-0.2, -0.15) is 0 Å². The average molecular weight is 281 g/mol. The Labute approximate surface area is 118 Å². The van der Waals surface area contributed by atoms with Gasteiger partial charge in [0.05, 0.1) is 13.7 Å². The maximum absolute atomic E-state index is 11.6. The molecule has 1 unspecified atom stereocenters. The molecule has 0 aliphatic rings. The van der Waals surface area contributed by atoms with Crippen molar-refractivity contribution in [2.24, 2.45) is 0 Å². The van der Waals surface area contributed by atoms with Crippen molar-refractivity contribution in [1.29, 1.82) is 0 Å². The van der Waals surface area contributed by atoms with Crippen LogP contribution in [0.2, 0.25) is 0 Å². The van der Waals surface area contributed by atoms with Crippen LogP contribution in [0.15, 0.2) is 24.3 Å². The highest BCUT2D eigenvalue weighted by molar-refractivity contribution is 5.84. The number of hydrogen-bond donors (Lipinski definition) is 1. The summed E-state index contributed by atoms with van der Waals surface area (Å²) in [6, 6.07) is 6.36. The van der Waals surface area contributed by atoms with E-state index in [1.807, 2.05) is 13.0 Å². The lowest BCUT2D eigenvalue weighted by molar-refractivity contribution is -0.144. The lowest BCUT2D eigenvalue weighted by atomic mass is 10.3. The number of carbonyl (C=O) groups excluding carboxylic acids is 2. The van der Waals surface area contributed by atoms with Crippen molar-refractivity contribution in [1.82, 2.24) is 5.32 Å². The molecule has 0 bridgehead atoms. The van der Waals surface area contributed by atoms with E-state index in [9.17, 15) is 9.59 Å². The Hall–Kier alpha value is -2.24. The lowest BCUT2D eigenvalue weighted by Gasteiger charge is -2.13. The number of nitrogens with one attached hydrogen (secondary N) is 1. The van der Waals surface area contributed by atoms with Crippen molar-refractivity contribution >= 4 is 11.9 Å². The van der Waals surface area contributed by atoms with Crippen LogP contribution in [0.4, 0.5) is 0 Å². The molecule has 1 N–H and O–H groups in total. The molecule has 0 aromatic heterocycles. The molecule has 0 heterocycles. The first-order valence-corrected chi connectivity index (χ1v) is 6.30. The van der Waals surface area contributed by atoms with Crippen molar-refractivity contribution in [3.05, 3.63) is 24.3 Å². The number of amides is 1. The van der Waals surface area contributed by atoms with Crippen LogP contribution in [-0.4, -0.2) is 38.2 Å². The van der Waals surface area contributed by atoms with E-state index in [1.165, 1.54) is 14.0 Å². The van der Waals surface area contributed by atoms with Crippen molar-refractivity contribution in [3.63, 3.8) is 0 Å². The molecule has 110 valence electrons. The van der Waals surface area contributed by atoms with Crippen LogP contribution < -0.4 is 14.8 Å². The second-order valence-electron chi connectivity index (χ2n) is 3.98. The van der Waals surface area contributed by atoms with E-state index in [1.54, 1.807) is 18.2 Å². The first-order chi connectivity index (χ1) is 9.58. The molecule has 6 heteroatoms. The molecule has 20 heavy (non-hydrogen) atoms. The van der Waals surface area contributed by atoms with Crippen LogP contribution in [0.3, 0.4) is 0 Å². The van der Waals surface area contributed by atoms with Crippen LogP contribution in [0.1, 0.15) is 13.8 Å². The van der Waals surface area contributed by atoms with Gasteiger partial charge < -0.3 is 19.5 Å². The average Bonchev–Trinajstić information content (AvgIpc) is 2.45. The number of para-hydroxylation sites is 2. The fourth-order valence-corrected chi connectivity index (χ4v) is 1.51. The summed E-state index contributed by atoms with van der Waals surface area (Å²) in [5, 5.41) is 2.47. The summed E-state index contributed by atoms with van der Waals surface area (Å²) in [5.74, 6) is 0.140. The predicted molar refractivity (Wildman–Crippen MR) is 72.7 cm³/mol. The number of methoxy groups -OCH3 is 1. The first kappa shape index (κ1) is 15.8. The second kappa shape index (κ2) is 8.04. The molecule has 1 amide bonds. The van der Waals surface area contributed by atoms with E-state index in [2.05, 4.69) is 10.1 Å². The Morgan fingerprint density at radius 3 is 2.35 bits per heavy atom. The van der Waals surface area contributed by atoms with Crippen LogP contribution in [0, 0.1) is 0 Å². The summed E-state index contributed by atoms with van der Waals surface area (Å²) in [6.07, 6.45) is 0. The molecule has 0 aliphatic heterocycles. The summed E-state index contributed by atoms with van der Waals surface area (Å²) in [6.45, 7) is 3.71. The van der Waals surface area contributed by atoms with Gasteiger partial charge in [0.1, 0.15) is 6.04 Å². The zero-order chi connectivity index (χ0) is 15.0. The SMILES string of the molecule is CCOc1ccccc1OCC(=O)NC(C)C(=O)OC. The Balaban J connectivity index is 2.51. The van der Waals surface area contributed by atoms with Gasteiger partial charge in [0.15, 0.2) is 18.1 Å². The van der Waals surface area contributed by atoms with Gasteiger partial charge in [0.2, 0.25) is 0 Å². The highest BCUT2D eigenvalue weighted by Gasteiger charge is 2.16. The van der Waals surface area contributed by atoms with Gasteiger partial charge in [-0.3, -0.25) is 4.79 Å². The summed E-state index contributed by atoms with van der Waals surface area (Å²) in [4.78, 5) is 22.8. The number of benzene rings is 1. The molecule has 1 atom stereocenters. The summed E-state index contributed by atoms with van der Waals surface area (Å²) >= 11 is 0. The van der Waals surface area contributed by atoms with E-state index in [0.29, 0.717) is 18.1 Å². The highest BCUT2D eigenvalue weighted by atomic mass is 16.5. The minimum atomic E-state index is -0.710. The lowest BCUT2D eigenvalue weighted by Crippen LogP contribution is -2.41. The smallest absolute Gasteiger partial charge is 0.328 e. The Kier molecular flexibility index (Phi) is 6.36. The van der Waals surface area contributed by atoms with E-state index in [-0.39, 0.29) is 6.61 Å². The maximum atomic E-state index is 11.6. The molecule has 6 nitrogen and oxygen atoms in total. The summed E-state index contributed by atoms with van der Waals surface area (Å²) in [5.41, 5.74) is 0. The molecule has 0 radical (unpaired) electrons. The summed E-state index contributed by atoms with van der Waals surface area (Å²) < 4.78 is 15.3. The fraction of sp³-hybridized carbons (Fsp3) is 0.429. The van der Waals surface area contributed by atoms with E-state index in [4.69, 9.17) is 9.47 Å². The predicted octanol–water partition coefficient (Wildman–Crippen LogP) is 1.14. The van der Waals surface area contributed by atoms with Crippen LogP contribution in [-0.2, 0) is 14.3 Å². The number of ether oxygens (including phenoxy) is 3. The van der Waals surface area contributed by atoms with Crippen molar-refractivity contribution in [2.75, 3.05) is 20.3 Å². The standard InChI is InChI=1S/C14H19NO5/c1-4-19-11-7-5-6-8-12(11)20-9-13(16)15-10(2)14(17)18-3/h5-8,10H,4,9H2,1-3H3,(H,15,16). The number of carbonyl (C=O) groups is 2. The van der Waals surface area contributed by atoms with Crippen LogP contribution in [0.25, 0.3) is 0 Å². The zero-order valence-corrected chi connectivity index (χ0v) is 11.8. The minimum Gasteiger partial charge on any atom is -0.490 e. The monoisotopic (exact) mass is 281 g/mol. The Bertz CT molecular complexity index is 461. The number of hydrogen-bond acceptors (Lipinski definition) is 5. The van der Waals surface area contributed by atoms with Crippen LogP contribution >= 0.6 is 0 Å². The van der Waals surface area contributed by atoms with Gasteiger partial charge in [-0.15, -0.1) is 0 Å². The number of rotatable bonds is 7. The van der Waals surface area contributed by atoms with E-state index in [0.717, 1.165) is 0 Å². The minimum absolute atomic E-state index is 0.203. The third-order valence-electron chi connectivity index (χ3n) is 2.44. The van der Waals surface area contributed by atoms with Gasteiger partial charge >= 0.3 is 5.97 Å². The fourth-order valence-electron chi connectivity index (χ4n) is 1.51. The molecule has 0 saturated heterocycles. The molecular formula is C14H19NO5. The van der Waals surface area contributed by atoms with Crippen molar-refractivity contribution in [2.45, 2.75) is 19.9 Å². The third kappa shape index (κ3) is 4.79. The molecule has 0 saturated carbocycles. The van der Waals surface area contributed by atoms with Crippen molar-refractivity contribution < 1.29 is 23.8 Å². The molecule has 0 fully saturated rings. The van der Waals surface area contributed by atoms with Crippen LogP contribution in [0.5, 0.6) is 11.5 Å². The molecule has 0 aliphatic carbocycles. The van der Waals surface area contributed by atoms with Gasteiger partial charge in [-0.1, -0.05) is 12.1 Å². The Morgan fingerprint density at radius 1 is 1.20 bits per heavy atom. The molecule has 1 aromatic carbocycles. The normalized spacial score (nSPS) is 11.3. The molecule has 0 spiro atoms. The van der Waals surface area contributed by atoms with E-state index < -0.39 is 17.9 Å². The quantitative estimate of drug-likeness (QED) is 0.759. The largest absolute Gasteiger partial charge is 0.490 e. The second-order valence-corrected chi connectivity index (χ2v) is 3.98. The molecule has 1 rings (SSSR count). The summed E-state index contributed by atoms with van der Waals surface area (Å²) in [7, 11) is 1.26. The van der Waals surface area contributed by atoms with Gasteiger partial charge in [-0.25, -0.2) is 4.79 Å². The zero-order valence-electron chi connectivity index (χ0n) is 11.8. The number of esters is 1. The van der Waals surface area contributed by atoms with Gasteiger partial charge in [0.25, 0.3) is 5.91 Å². The first-order valence-electron chi connectivity index (χ1n) is 6.30. The van der Waals surface area contributed by atoms with Crippen molar-refractivity contribution in [3.8, 4) is 11.5 Å². The molecule has 1 aromatic rings. The van der Waals surface area contributed by atoms with Gasteiger partial charge in [-0.05, 0) is 26.0 Å². The highest BCUT2D eigenvalue weighted by Crippen LogP contribution is 2.26. The topological polar surface area (TPSA) is 73.9 Å². The van der Waals surface area contributed by atoms with E-state index >= 15 is 0 Å².